The Morgan fingerprint density at radius 2 is 1.50 bits per heavy atom. The molecule has 0 aliphatic carbocycles. The number of amides is 1. The van der Waals surface area contributed by atoms with E-state index in [-0.39, 0.29) is 5.91 Å². The molecule has 0 unspecified atom stereocenters. The lowest BCUT2D eigenvalue weighted by molar-refractivity contribution is 0.0478. The van der Waals surface area contributed by atoms with Crippen molar-refractivity contribution < 1.29 is 23.7 Å². The molecule has 1 fully saturated rings. The van der Waals surface area contributed by atoms with Gasteiger partial charge < -0.3 is 23.8 Å². The lowest BCUT2D eigenvalue weighted by Gasteiger charge is -2.32. The molecule has 2 aromatic rings. The van der Waals surface area contributed by atoms with E-state index < -0.39 is 0 Å². The van der Waals surface area contributed by atoms with Gasteiger partial charge in [-0.05, 0) is 57.2 Å². The molecule has 6 heteroatoms. The molecule has 6 nitrogen and oxygen atoms in total. The molecule has 0 bridgehead atoms. The number of rotatable bonds is 11. The molecule has 174 valence electrons. The molecule has 0 radical (unpaired) electrons. The highest BCUT2D eigenvalue weighted by Crippen LogP contribution is 2.39. The second-order valence-corrected chi connectivity index (χ2v) is 7.84. The molecule has 1 aliphatic heterocycles. The quantitative estimate of drug-likeness (QED) is 0.494. The summed E-state index contributed by atoms with van der Waals surface area (Å²) < 4.78 is 23.2. The van der Waals surface area contributed by atoms with Gasteiger partial charge in [-0.1, -0.05) is 30.3 Å². The van der Waals surface area contributed by atoms with Crippen molar-refractivity contribution >= 4 is 5.91 Å². The van der Waals surface area contributed by atoms with Gasteiger partial charge in [0, 0.05) is 25.3 Å². The highest BCUT2D eigenvalue weighted by atomic mass is 16.5. The molecule has 1 heterocycles. The van der Waals surface area contributed by atoms with Crippen LogP contribution in [0.15, 0.2) is 42.5 Å². The van der Waals surface area contributed by atoms with E-state index in [1.54, 1.807) is 12.1 Å². The van der Waals surface area contributed by atoms with E-state index >= 15 is 0 Å². The van der Waals surface area contributed by atoms with Crippen LogP contribution in [-0.4, -0.2) is 50.3 Å². The minimum Gasteiger partial charge on any atom is -0.490 e. The summed E-state index contributed by atoms with van der Waals surface area (Å²) in [5.41, 5.74) is 1.75. The second-order valence-electron chi connectivity index (χ2n) is 7.84. The highest BCUT2D eigenvalue weighted by molar-refractivity contribution is 5.95. The normalized spacial score (nSPS) is 14.3. The minimum absolute atomic E-state index is 0.00129. The zero-order valence-electron chi connectivity index (χ0n) is 19.5. The molecule has 32 heavy (non-hydrogen) atoms. The van der Waals surface area contributed by atoms with Gasteiger partial charge in [0.15, 0.2) is 11.5 Å². The summed E-state index contributed by atoms with van der Waals surface area (Å²) >= 11 is 0. The van der Waals surface area contributed by atoms with E-state index in [9.17, 15) is 4.79 Å². The molecular weight excluding hydrogens is 406 g/mol. The van der Waals surface area contributed by atoms with Crippen LogP contribution in [-0.2, 0) is 11.3 Å². The summed E-state index contributed by atoms with van der Waals surface area (Å²) in [4.78, 5) is 15.1. The Kier molecular flexibility index (Phi) is 9.23. The van der Waals surface area contributed by atoms with Crippen LogP contribution in [0.3, 0.4) is 0 Å². The molecule has 3 rings (SSSR count). The van der Waals surface area contributed by atoms with E-state index in [2.05, 4.69) is 12.1 Å². The van der Waals surface area contributed by atoms with Crippen molar-refractivity contribution in [2.75, 3.05) is 39.5 Å². The molecule has 0 aromatic heterocycles. The van der Waals surface area contributed by atoms with Crippen molar-refractivity contribution in [1.82, 2.24) is 4.90 Å². The number of ether oxygens (including phenoxy) is 4. The maximum atomic E-state index is 13.2. The smallest absolute Gasteiger partial charge is 0.254 e. The zero-order chi connectivity index (χ0) is 22.8. The molecule has 1 saturated heterocycles. The number of hydrogen-bond acceptors (Lipinski definition) is 5. The topological polar surface area (TPSA) is 57.2 Å². The average molecular weight is 442 g/mol. The Morgan fingerprint density at radius 1 is 0.906 bits per heavy atom. The Bertz CT molecular complexity index is 820. The van der Waals surface area contributed by atoms with Crippen LogP contribution < -0.4 is 14.2 Å². The van der Waals surface area contributed by atoms with Crippen molar-refractivity contribution in [2.45, 2.75) is 40.2 Å². The third-order valence-electron chi connectivity index (χ3n) is 5.52. The van der Waals surface area contributed by atoms with Gasteiger partial charge in [-0.2, -0.15) is 0 Å². The van der Waals surface area contributed by atoms with Gasteiger partial charge in [0.05, 0.1) is 26.4 Å². The molecule has 1 aliphatic rings. The van der Waals surface area contributed by atoms with E-state index in [0.717, 1.165) is 32.5 Å². The van der Waals surface area contributed by atoms with Crippen molar-refractivity contribution in [2.24, 2.45) is 5.92 Å². The number of piperidine rings is 1. The third-order valence-corrected chi connectivity index (χ3v) is 5.52. The van der Waals surface area contributed by atoms with Crippen LogP contribution in [0, 0.1) is 5.92 Å². The molecule has 0 saturated carbocycles. The number of hydrogen-bond donors (Lipinski definition) is 0. The van der Waals surface area contributed by atoms with Crippen LogP contribution in [0.25, 0.3) is 0 Å². The van der Waals surface area contributed by atoms with E-state index in [1.165, 1.54) is 5.56 Å². The fraction of sp³-hybridized carbons (Fsp3) is 0.500. The Hall–Kier alpha value is -2.73. The molecule has 0 spiro atoms. The first kappa shape index (κ1) is 23.9. The van der Waals surface area contributed by atoms with Crippen LogP contribution in [0.4, 0.5) is 0 Å². The fourth-order valence-corrected chi connectivity index (χ4v) is 3.92. The maximum absolute atomic E-state index is 13.2. The van der Waals surface area contributed by atoms with Gasteiger partial charge in [0.2, 0.25) is 5.75 Å². The Morgan fingerprint density at radius 3 is 2.06 bits per heavy atom. The number of carbonyl (C=O) groups excluding carboxylic acids is 1. The summed E-state index contributed by atoms with van der Waals surface area (Å²) in [6.07, 6.45) is 1.88. The van der Waals surface area contributed by atoms with Crippen molar-refractivity contribution in [3.63, 3.8) is 0 Å². The largest absolute Gasteiger partial charge is 0.490 e. The third kappa shape index (κ3) is 6.39. The summed E-state index contributed by atoms with van der Waals surface area (Å²) in [6.45, 7) is 10.00. The first-order valence-corrected chi connectivity index (χ1v) is 11.6. The predicted molar refractivity (Wildman–Crippen MR) is 125 cm³/mol. The first-order chi connectivity index (χ1) is 15.7. The van der Waals surface area contributed by atoms with Crippen LogP contribution >= 0.6 is 0 Å². The maximum Gasteiger partial charge on any atom is 0.254 e. The summed E-state index contributed by atoms with van der Waals surface area (Å²) in [6, 6.07) is 13.8. The molecular formula is C26H35NO5. The summed E-state index contributed by atoms with van der Waals surface area (Å²) in [5.74, 6) is 2.13. The van der Waals surface area contributed by atoms with Gasteiger partial charge >= 0.3 is 0 Å². The lowest BCUT2D eigenvalue weighted by atomic mass is 9.97. The number of nitrogens with zero attached hydrogens (tertiary/aromatic N) is 1. The molecule has 0 N–H and O–H groups in total. The predicted octanol–water partition coefficient (Wildman–Crippen LogP) is 4.95. The fourth-order valence-electron chi connectivity index (χ4n) is 3.92. The molecule has 1 amide bonds. The van der Waals surface area contributed by atoms with Crippen molar-refractivity contribution in [3.8, 4) is 17.2 Å². The Balaban J connectivity index is 1.60. The van der Waals surface area contributed by atoms with Crippen LogP contribution in [0.1, 0.15) is 49.5 Å². The van der Waals surface area contributed by atoms with Crippen LogP contribution in [0.5, 0.6) is 17.2 Å². The zero-order valence-corrected chi connectivity index (χ0v) is 19.5. The van der Waals surface area contributed by atoms with Gasteiger partial charge in [-0.3, -0.25) is 4.79 Å². The molecule has 0 atom stereocenters. The van der Waals surface area contributed by atoms with Gasteiger partial charge in [-0.25, -0.2) is 0 Å². The SMILES string of the molecule is CCOc1cc(C(=O)N2CCC(COCc3ccccc3)CC2)cc(OCC)c1OCC. The lowest BCUT2D eigenvalue weighted by Crippen LogP contribution is -2.39. The van der Waals surface area contributed by atoms with Gasteiger partial charge in [-0.15, -0.1) is 0 Å². The summed E-state index contributed by atoms with van der Waals surface area (Å²) in [7, 11) is 0. The minimum atomic E-state index is -0.00129. The van der Waals surface area contributed by atoms with E-state index in [0.29, 0.717) is 55.2 Å². The second kappa shape index (κ2) is 12.3. The Labute approximate surface area is 191 Å². The monoisotopic (exact) mass is 441 g/mol. The number of benzene rings is 2. The van der Waals surface area contributed by atoms with Crippen molar-refractivity contribution in [3.05, 3.63) is 53.6 Å². The number of carbonyl (C=O) groups is 1. The standard InChI is InChI=1S/C26H35NO5/c1-4-30-23-16-22(17-24(31-5-2)25(23)32-6-3)26(28)27-14-12-21(13-15-27)19-29-18-20-10-8-7-9-11-20/h7-11,16-17,21H,4-6,12-15,18-19H2,1-3H3. The number of likely N-dealkylation sites (tertiary alicyclic amines) is 1. The van der Waals surface area contributed by atoms with Gasteiger partial charge in [0.1, 0.15) is 0 Å². The van der Waals surface area contributed by atoms with E-state index in [4.69, 9.17) is 18.9 Å². The van der Waals surface area contributed by atoms with E-state index in [1.807, 2.05) is 43.9 Å². The van der Waals surface area contributed by atoms with Crippen LogP contribution in [0.2, 0.25) is 0 Å². The van der Waals surface area contributed by atoms with Gasteiger partial charge in [0.25, 0.3) is 5.91 Å². The average Bonchev–Trinajstić information content (AvgIpc) is 2.82. The first-order valence-electron chi connectivity index (χ1n) is 11.6. The molecule has 2 aromatic carbocycles. The van der Waals surface area contributed by atoms with Crippen molar-refractivity contribution in [1.29, 1.82) is 0 Å². The summed E-state index contributed by atoms with van der Waals surface area (Å²) in [5, 5.41) is 0. The highest BCUT2D eigenvalue weighted by Gasteiger charge is 2.26.